The first kappa shape index (κ1) is 21.4. The van der Waals surface area contributed by atoms with E-state index in [-0.39, 0.29) is 17.0 Å². The van der Waals surface area contributed by atoms with Crippen molar-refractivity contribution < 1.29 is 5.11 Å². The van der Waals surface area contributed by atoms with Gasteiger partial charge < -0.3 is 5.11 Å². The van der Waals surface area contributed by atoms with Crippen LogP contribution >= 0.6 is 0 Å². The first-order valence-electron chi connectivity index (χ1n) is 12.7. The van der Waals surface area contributed by atoms with Crippen LogP contribution in [0.4, 0.5) is 0 Å². The molecule has 0 radical (unpaired) electrons. The normalized spacial score (nSPS) is 17.4. The van der Waals surface area contributed by atoms with Crippen molar-refractivity contribution in [2.24, 2.45) is 4.99 Å². The fourth-order valence-electron chi connectivity index (χ4n) is 6.34. The van der Waals surface area contributed by atoms with E-state index in [2.05, 4.69) is 100 Å². The highest BCUT2D eigenvalue weighted by Crippen LogP contribution is 2.45. The van der Waals surface area contributed by atoms with Crippen LogP contribution in [0.25, 0.3) is 32.9 Å². The molecule has 0 bridgehead atoms. The van der Waals surface area contributed by atoms with Gasteiger partial charge in [0, 0.05) is 16.7 Å². The molecular formula is C32H29N3O. The molecule has 2 aliphatic rings. The van der Waals surface area contributed by atoms with Crippen LogP contribution in [0.5, 0.6) is 5.88 Å². The zero-order chi connectivity index (χ0) is 24.8. The van der Waals surface area contributed by atoms with Gasteiger partial charge in [0.25, 0.3) is 0 Å². The summed E-state index contributed by atoms with van der Waals surface area (Å²) in [7, 11) is 0. The SMILES string of the molecule is CC1(C)Cc2c(ccc3ccccc23)C(c2nc3n(c2O)C(C)(C)Cc2c-3ccc3ccccc23)=N1. The minimum absolute atomic E-state index is 0.198. The molecule has 7 rings (SSSR count). The Morgan fingerprint density at radius 1 is 0.722 bits per heavy atom. The molecule has 3 heterocycles. The Balaban J connectivity index is 1.50. The molecule has 0 atom stereocenters. The third-order valence-corrected chi connectivity index (χ3v) is 7.89. The number of nitrogens with zero attached hydrogens (tertiary/aromatic N) is 3. The Labute approximate surface area is 211 Å². The standard InChI is InChI=1S/C32H29N3O/c1-31(2)17-25-21-11-7-5-9-19(21)13-15-23(25)27(34-31)28-30(36)35-29(33-28)24-16-14-20-10-6-8-12-22(20)26(24)18-32(35,3)4/h5-16,36H,17-18H2,1-4H3. The molecule has 1 N–H and O–H groups in total. The first-order chi connectivity index (χ1) is 17.2. The smallest absolute Gasteiger partial charge is 0.222 e. The molecule has 4 aromatic carbocycles. The molecule has 4 heteroatoms. The van der Waals surface area contributed by atoms with Gasteiger partial charge in [-0.3, -0.25) is 9.56 Å². The summed E-state index contributed by atoms with van der Waals surface area (Å²) in [4.78, 5) is 10.3. The maximum absolute atomic E-state index is 11.7. The van der Waals surface area contributed by atoms with E-state index in [4.69, 9.17) is 9.98 Å². The van der Waals surface area contributed by atoms with E-state index < -0.39 is 0 Å². The zero-order valence-electron chi connectivity index (χ0n) is 21.1. The number of aromatic hydroxyl groups is 1. The van der Waals surface area contributed by atoms with Gasteiger partial charge in [-0.05, 0) is 73.2 Å². The molecule has 0 saturated carbocycles. The van der Waals surface area contributed by atoms with E-state index in [1.807, 2.05) is 4.57 Å². The van der Waals surface area contributed by atoms with Crippen molar-refractivity contribution in [3.05, 3.63) is 95.2 Å². The van der Waals surface area contributed by atoms with E-state index in [9.17, 15) is 5.11 Å². The number of aliphatic imine (C=N–C) groups is 1. The second-order valence-electron chi connectivity index (χ2n) is 11.5. The van der Waals surface area contributed by atoms with E-state index in [1.165, 1.54) is 32.7 Å². The Hall–Kier alpha value is -3.92. The van der Waals surface area contributed by atoms with Gasteiger partial charge in [-0.25, -0.2) is 4.98 Å². The fourth-order valence-corrected chi connectivity index (χ4v) is 6.34. The van der Waals surface area contributed by atoms with Gasteiger partial charge in [-0.1, -0.05) is 72.8 Å². The molecule has 0 spiro atoms. The number of rotatable bonds is 1. The lowest BCUT2D eigenvalue weighted by molar-refractivity contribution is 0.298. The van der Waals surface area contributed by atoms with Gasteiger partial charge in [0.1, 0.15) is 5.82 Å². The summed E-state index contributed by atoms with van der Waals surface area (Å²) in [5.74, 6) is 1.01. The Morgan fingerprint density at radius 2 is 1.31 bits per heavy atom. The minimum atomic E-state index is -0.335. The third-order valence-electron chi connectivity index (χ3n) is 7.89. The fraction of sp³-hybridized carbons (Fsp3) is 0.250. The number of fused-ring (bicyclic) bond motifs is 8. The molecule has 0 unspecified atom stereocenters. The quantitative estimate of drug-likeness (QED) is 0.285. The van der Waals surface area contributed by atoms with Gasteiger partial charge in [-0.15, -0.1) is 0 Å². The molecule has 0 aliphatic carbocycles. The van der Waals surface area contributed by atoms with Gasteiger partial charge in [0.2, 0.25) is 5.88 Å². The van der Waals surface area contributed by atoms with Crippen molar-refractivity contribution in [3.8, 4) is 17.3 Å². The van der Waals surface area contributed by atoms with Crippen LogP contribution in [0, 0.1) is 0 Å². The van der Waals surface area contributed by atoms with Crippen molar-refractivity contribution in [3.63, 3.8) is 0 Å². The van der Waals surface area contributed by atoms with Crippen LogP contribution in [-0.2, 0) is 18.4 Å². The molecule has 1 aromatic heterocycles. The summed E-state index contributed by atoms with van der Waals surface area (Å²) in [6.07, 6.45) is 1.67. The lowest BCUT2D eigenvalue weighted by Crippen LogP contribution is -2.33. The average molecular weight is 472 g/mol. The first-order valence-corrected chi connectivity index (χ1v) is 12.7. The van der Waals surface area contributed by atoms with Crippen molar-refractivity contribution in [1.29, 1.82) is 0 Å². The number of hydrogen-bond donors (Lipinski definition) is 1. The van der Waals surface area contributed by atoms with Gasteiger partial charge in [0.05, 0.1) is 11.3 Å². The van der Waals surface area contributed by atoms with E-state index in [1.54, 1.807) is 0 Å². The monoisotopic (exact) mass is 471 g/mol. The van der Waals surface area contributed by atoms with Crippen LogP contribution < -0.4 is 0 Å². The van der Waals surface area contributed by atoms with Gasteiger partial charge >= 0.3 is 0 Å². The molecule has 4 nitrogen and oxygen atoms in total. The molecule has 36 heavy (non-hydrogen) atoms. The van der Waals surface area contributed by atoms with Crippen molar-refractivity contribution in [2.75, 3.05) is 0 Å². The minimum Gasteiger partial charge on any atom is -0.493 e. The predicted molar refractivity (Wildman–Crippen MR) is 147 cm³/mol. The summed E-state index contributed by atoms with van der Waals surface area (Å²) in [5, 5.41) is 16.7. The highest BCUT2D eigenvalue weighted by atomic mass is 16.3. The summed E-state index contributed by atoms with van der Waals surface area (Å²) in [6, 6.07) is 25.7. The average Bonchev–Trinajstić information content (AvgIpc) is 3.21. The second-order valence-corrected chi connectivity index (χ2v) is 11.5. The van der Waals surface area contributed by atoms with Crippen molar-refractivity contribution in [1.82, 2.24) is 9.55 Å². The predicted octanol–water partition coefficient (Wildman–Crippen LogP) is 7.03. The number of hydrogen-bond acceptors (Lipinski definition) is 3. The molecule has 0 saturated heterocycles. The van der Waals surface area contributed by atoms with Crippen LogP contribution in [0.3, 0.4) is 0 Å². The summed E-state index contributed by atoms with van der Waals surface area (Å²) < 4.78 is 2.02. The number of aromatic nitrogens is 2. The highest BCUT2D eigenvalue weighted by molar-refractivity contribution is 6.17. The summed E-state index contributed by atoms with van der Waals surface area (Å²) in [5.41, 5.74) is 5.44. The zero-order valence-corrected chi connectivity index (χ0v) is 21.1. The third kappa shape index (κ3) is 2.94. The number of imidazole rings is 1. The van der Waals surface area contributed by atoms with Crippen LogP contribution in [-0.4, -0.2) is 25.9 Å². The Morgan fingerprint density at radius 3 is 1.97 bits per heavy atom. The molecule has 0 amide bonds. The summed E-state index contributed by atoms with van der Waals surface area (Å²) >= 11 is 0. The lowest BCUT2D eigenvalue weighted by atomic mass is 9.83. The van der Waals surface area contributed by atoms with Crippen LogP contribution in [0.15, 0.2) is 77.8 Å². The molecule has 2 aliphatic heterocycles. The van der Waals surface area contributed by atoms with E-state index in [0.29, 0.717) is 5.69 Å². The van der Waals surface area contributed by atoms with E-state index in [0.717, 1.165) is 35.5 Å². The summed E-state index contributed by atoms with van der Waals surface area (Å²) in [6.45, 7) is 8.69. The highest BCUT2D eigenvalue weighted by Gasteiger charge is 2.39. The molecule has 5 aromatic rings. The van der Waals surface area contributed by atoms with Crippen LogP contribution in [0.2, 0.25) is 0 Å². The second kappa shape index (κ2) is 7.07. The topological polar surface area (TPSA) is 50.4 Å². The van der Waals surface area contributed by atoms with Gasteiger partial charge in [0.15, 0.2) is 5.69 Å². The maximum Gasteiger partial charge on any atom is 0.222 e. The molecule has 178 valence electrons. The molecule has 0 fully saturated rings. The largest absolute Gasteiger partial charge is 0.493 e. The number of benzene rings is 4. The van der Waals surface area contributed by atoms with Crippen molar-refractivity contribution >= 4 is 27.3 Å². The van der Waals surface area contributed by atoms with Gasteiger partial charge in [-0.2, -0.15) is 0 Å². The molecular weight excluding hydrogens is 442 g/mol. The Kier molecular flexibility index (Phi) is 4.20. The maximum atomic E-state index is 11.7. The Bertz CT molecular complexity index is 1750. The van der Waals surface area contributed by atoms with Crippen molar-refractivity contribution in [2.45, 2.75) is 51.6 Å². The lowest BCUT2D eigenvalue weighted by Gasteiger charge is -2.35. The van der Waals surface area contributed by atoms with E-state index >= 15 is 0 Å². The van der Waals surface area contributed by atoms with Crippen LogP contribution in [0.1, 0.15) is 50.1 Å².